The van der Waals surface area contributed by atoms with E-state index in [4.69, 9.17) is 4.74 Å². The number of benzene rings is 1. The first-order valence-corrected chi connectivity index (χ1v) is 7.04. The van der Waals surface area contributed by atoms with Gasteiger partial charge in [0, 0.05) is 12.2 Å². The number of ether oxygens (including phenoxy) is 1. The van der Waals surface area contributed by atoms with Crippen molar-refractivity contribution in [1.82, 2.24) is 10.2 Å². The molecule has 0 radical (unpaired) electrons. The molecule has 2 aliphatic rings. The molecule has 5 heteroatoms. The van der Waals surface area contributed by atoms with Gasteiger partial charge in [-0.3, -0.25) is 10.1 Å². The number of carbonyl (C=O) groups is 1. The van der Waals surface area contributed by atoms with Crippen molar-refractivity contribution in [2.75, 3.05) is 6.61 Å². The van der Waals surface area contributed by atoms with E-state index in [0.717, 1.165) is 6.42 Å². The first kappa shape index (κ1) is 13.5. The van der Waals surface area contributed by atoms with Crippen molar-refractivity contribution in [3.8, 4) is 0 Å². The van der Waals surface area contributed by atoms with Gasteiger partial charge in [-0.05, 0) is 26.3 Å². The first-order chi connectivity index (χ1) is 9.59. The van der Waals surface area contributed by atoms with Crippen molar-refractivity contribution in [1.29, 1.82) is 0 Å². The highest BCUT2D eigenvalue weighted by Gasteiger charge is 2.45. The van der Waals surface area contributed by atoms with E-state index in [0.29, 0.717) is 12.2 Å². The highest BCUT2D eigenvalue weighted by Crippen LogP contribution is 2.33. The Bertz CT molecular complexity index is 522. The van der Waals surface area contributed by atoms with Crippen LogP contribution in [0.2, 0.25) is 0 Å². The van der Waals surface area contributed by atoms with Gasteiger partial charge in [0.25, 0.3) is 0 Å². The van der Waals surface area contributed by atoms with Crippen LogP contribution in [0, 0.1) is 5.82 Å². The first-order valence-electron chi connectivity index (χ1n) is 7.04. The van der Waals surface area contributed by atoms with Crippen molar-refractivity contribution in [3.63, 3.8) is 0 Å². The largest absolute Gasteiger partial charge is 0.376 e. The van der Waals surface area contributed by atoms with Crippen molar-refractivity contribution in [2.45, 2.75) is 44.6 Å². The smallest absolute Gasteiger partial charge is 0.241 e. The Labute approximate surface area is 117 Å². The van der Waals surface area contributed by atoms with Gasteiger partial charge in [0.2, 0.25) is 5.91 Å². The predicted molar refractivity (Wildman–Crippen MR) is 72.4 cm³/mol. The van der Waals surface area contributed by atoms with E-state index in [1.54, 1.807) is 23.1 Å². The number of nitrogens with one attached hydrogen (secondary N) is 1. The average molecular weight is 278 g/mol. The lowest BCUT2D eigenvalue weighted by molar-refractivity contribution is -0.133. The molecule has 4 unspecified atom stereocenters. The van der Waals surface area contributed by atoms with Gasteiger partial charge < -0.3 is 9.64 Å². The minimum Gasteiger partial charge on any atom is -0.376 e. The van der Waals surface area contributed by atoms with Gasteiger partial charge in [-0.2, -0.15) is 0 Å². The van der Waals surface area contributed by atoms with Crippen molar-refractivity contribution in [2.24, 2.45) is 0 Å². The maximum atomic E-state index is 14.0. The van der Waals surface area contributed by atoms with Gasteiger partial charge in [-0.25, -0.2) is 4.39 Å². The summed E-state index contributed by atoms with van der Waals surface area (Å²) in [5.74, 6) is -0.274. The molecule has 2 saturated heterocycles. The average Bonchev–Trinajstić information content (AvgIpc) is 2.95. The van der Waals surface area contributed by atoms with E-state index in [9.17, 15) is 9.18 Å². The fourth-order valence-electron chi connectivity index (χ4n) is 3.12. The highest BCUT2D eigenvalue weighted by atomic mass is 19.1. The zero-order valence-electron chi connectivity index (χ0n) is 11.7. The molecule has 2 aliphatic heterocycles. The minimum atomic E-state index is -0.409. The quantitative estimate of drug-likeness (QED) is 0.897. The summed E-state index contributed by atoms with van der Waals surface area (Å²) in [5, 5.41) is 3.19. The molecule has 1 N–H and O–H groups in total. The van der Waals surface area contributed by atoms with E-state index >= 15 is 0 Å². The highest BCUT2D eigenvalue weighted by molar-refractivity contribution is 5.84. The van der Waals surface area contributed by atoms with Gasteiger partial charge in [0.15, 0.2) is 0 Å². The molecule has 0 bridgehead atoms. The van der Waals surface area contributed by atoms with Gasteiger partial charge in [0.1, 0.15) is 12.0 Å². The third-order valence-electron chi connectivity index (χ3n) is 4.20. The summed E-state index contributed by atoms with van der Waals surface area (Å²) in [5.41, 5.74) is 0.518. The Hall–Kier alpha value is -1.46. The molecule has 0 spiro atoms. The Morgan fingerprint density at radius 1 is 1.35 bits per heavy atom. The molecule has 4 nitrogen and oxygen atoms in total. The number of amides is 1. The summed E-state index contributed by atoms with van der Waals surface area (Å²) in [6.45, 7) is 4.43. The predicted octanol–water partition coefficient (Wildman–Crippen LogP) is 1.82. The molecule has 1 aromatic carbocycles. The second-order valence-corrected chi connectivity index (χ2v) is 5.49. The Kier molecular flexibility index (Phi) is 3.48. The summed E-state index contributed by atoms with van der Waals surface area (Å²) < 4.78 is 19.6. The number of rotatable bonds is 2. The van der Waals surface area contributed by atoms with Gasteiger partial charge in [0.05, 0.1) is 18.2 Å². The lowest BCUT2D eigenvalue weighted by Crippen LogP contribution is -2.43. The second-order valence-electron chi connectivity index (χ2n) is 5.49. The van der Waals surface area contributed by atoms with E-state index < -0.39 is 6.17 Å². The summed E-state index contributed by atoms with van der Waals surface area (Å²) in [7, 11) is 0. The van der Waals surface area contributed by atoms with Gasteiger partial charge in [-0.1, -0.05) is 18.2 Å². The lowest BCUT2D eigenvalue weighted by atomic mass is 10.1. The van der Waals surface area contributed by atoms with E-state index in [1.807, 2.05) is 13.8 Å². The third kappa shape index (κ3) is 2.11. The molecule has 3 rings (SSSR count). The van der Waals surface area contributed by atoms with Crippen LogP contribution in [-0.4, -0.2) is 35.6 Å². The number of hydrogen-bond acceptors (Lipinski definition) is 3. The SMILES string of the molecule is CC1NC(c2ccccc2F)N(C2CCOC2C)C1=O. The Balaban J connectivity index is 1.96. The fourth-order valence-corrected chi connectivity index (χ4v) is 3.12. The topological polar surface area (TPSA) is 41.6 Å². The van der Waals surface area contributed by atoms with E-state index in [2.05, 4.69) is 5.32 Å². The number of carbonyl (C=O) groups excluding carboxylic acids is 1. The maximum absolute atomic E-state index is 14.0. The van der Waals surface area contributed by atoms with Gasteiger partial charge >= 0.3 is 0 Å². The fraction of sp³-hybridized carbons (Fsp3) is 0.533. The summed E-state index contributed by atoms with van der Waals surface area (Å²) in [6.07, 6.45) is 0.375. The van der Waals surface area contributed by atoms with Crippen LogP contribution in [0.5, 0.6) is 0 Å². The van der Waals surface area contributed by atoms with Crippen molar-refractivity contribution >= 4 is 5.91 Å². The van der Waals surface area contributed by atoms with E-state index in [1.165, 1.54) is 6.07 Å². The van der Waals surface area contributed by atoms with Crippen LogP contribution < -0.4 is 5.32 Å². The number of halogens is 1. The Morgan fingerprint density at radius 2 is 2.10 bits per heavy atom. The summed E-state index contributed by atoms with van der Waals surface area (Å²) in [4.78, 5) is 14.2. The third-order valence-corrected chi connectivity index (χ3v) is 4.20. The zero-order chi connectivity index (χ0) is 14.3. The van der Waals surface area contributed by atoms with Crippen LogP contribution in [0.3, 0.4) is 0 Å². The van der Waals surface area contributed by atoms with Crippen LogP contribution in [0.4, 0.5) is 4.39 Å². The molecule has 2 heterocycles. The van der Waals surface area contributed by atoms with Crippen LogP contribution in [0.15, 0.2) is 24.3 Å². The number of hydrogen-bond donors (Lipinski definition) is 1. The monoisotopic (exact) mass is 278 g/mol. The second kappa shape index (κ2) is 5.14. The Morgan fingerprint density at radius 3 is 2.75 bits per heavy atom. The minimum absolute atomic E-state index is 0.00422. The van der Waals surface area contributed by atoms with E-state index in [-0.39, 0.29) is 29.9 Å². The number of nitrogens with zero attached hydrogens (tertiary/aromatic N) is 1. The molecule has 4 atom stereocenters. The molecular formula is C15H19FN2O2. The molecule has 2 fully saturated rings. The summed E-state index contributed by atoms with van der Waals surface area (Å²) in [6, 6.07) is 6.31. The molecule has 1 aromatic rings. The van der Waals surface area contributed by atoms with Crippen molar-refractivity contribution < 1.29 is 13.9 Å². The van der Waals surface area contributed by atoms with Crippen LogP contribution in [0.25, 0.3) is 0 Å². The molecule has 0 saturated carbocycles. The van der Waals surface area contributed by atoms with Crippen LogP contribution >= 0.6 is 0 Å². The standard InChI is InChI=1S/C15H19FN2O2/c1-9-15(19)18(13-7-8-20-10(13)2)14(17-9)11-5-3-4-6-12(11)16/h3-6,9-10,13-14,17H,7-8H2,1-2H3. The van der Waals surface area contributed by atoms with Crippen LogP contribution in [-0.2, 0) is 9.53 Å². The van der Waals surface area contributed by atoms with Gasteiger partial charge in [-0.15, -0.1) is 0 Å². The summed E-state index contributed by atoms with van der Waals surface area (Å²) >= 11 is 0. The molecular weight excluding hydrogens is 259 g/mol. The lowest BCUT2D eigenvalue weighted by Gasteiger charge is -2.32. The molecule has 0 aromatic heterocycles. The molecule has 1 amide bonds. The molecule has 0 aliphatic carbocycles. The molecule has 108 valence electrons. The van der Waals surface area contributed by atoms with Crippen molar-refractivity contribution in [3.05, 3.63) is 35.6 Å². The zero-order valence-corrected chi connectivity index (χ0v) is 11.7. The maximum Gasteiger partial charge on any atom is 0.241 e. The van der Waals surface area contributed by atoms with Crippen LogP contribution in [0.1, 0.15) is 32.0 Å². The normalized spacial score (nSPS) is 34.0. The molecule has 20 heavy (non-hydrogen) atoms.